The Bertz CT molecular complexity index is 2620. The maximum absolute atomic E-state index is 5.30. The highest BCUT2D eigenvalue weighted by Gasteiger charge is 2.30. The molecule has 51 heavy (non-hydrogen) atoms. The molecule has 0 spiro atoms. The summed E-state index contributed by atoms with van der Waals surface area (Å²) in [6.07, 6.45) is 9.31. The van der Waals surface area contributed by atoms with Gasteiger partial charge in [0, 0.05) is 39.9 Å². The highest BCUT2D eigenvalue weighted by Crippen LogP contribution is 2.50. The lowest BCUT2D eigenvalue weighted by Crippen LogP contribution is -2.19. The van der Waals surface area contributed by atoms with Crippen LogP contribution in [-0.2, 0) is 0 Å². The van der Waals surface area contributed by atoms with Crippen LogP contribution in [0.15, 0.2) is 171 Å². The van der Waals surface area contributed by atoms with Crippen molar-refractivity contribution in [1.29, 1.82) is 0 Å². The first-order chi connectivity index (χ1) is 25.2. The summed E-state index contributed by atoms with van der Waals surface area (Å²) < 4.78 is 0. The monoisotopic (exact) mass is 654 g/mol. The normalized spacial score (nSPS) is 12.2. The predicted molar refractivity (Wildman–Crippen MR) is 209 cm³/mol. The van der Waals surface area contributed by atoms with Crippen LogP contribution in [0.5, 0.6) is 0 Å². The smallest absolute Gasteiger partial charge is 0.238 e. The maximum Gasteiger partial charge on any atom is 0.238 e. The van der Waals surface area contributed by atoms with Crippen molar-refractivity contribution in [2.24, 2.45) is 0 Å². The zero-order chi connectivity index (χ0) is 34.3. The summed E-state index contributed by atoms with van der Waals surface area (Å²) in [5.74, 6) is 1.71. The van der Waals surface area contributed by atoms with E-state index in [4.69, 9.17) is 19.9 Å². The minimum absolute atomic E-state index is 0.518. The molecule has 3 aromatic heterocycles. The lowest BCUT2D eigenvalue weighted by Gasteiger charge is -2.31. The van der Waals surface area contributed by atoms with Gasteiger partial charge in [0.05, 0.1) is 22.6 Å². The minimum atomic E-state index is 0.518. The molecule has 0 atom stereocenters. The Morgan fingerprint density at radius 3 is 2.02 bits per heavy atom. The summed E-state index contributed by atoms with van der Waals surface area (Å²) in [5, 5.41) is 3.16. The minimum Gasteiger partial charge on any atom is -0.278 e. The molecule has 5 aromatic carbocycles. The second-order valence-electron chi connectivity index (χ2n) is 12.3. The van der Waals surface area contributed by atoms with Crippen LogP contribution >= 0.6 is 0 Å². The van der Waals surface area contributed by atoms with E-state index in [2.05, 4.69) is 83.7 Å². The fourth-order valence-electron chi connectivity index (χ4n) is 6.89. The van der Waals surface area contributed by atoms with Crippen LogP contribution in [0.4, 0.5) is 17.3 Å². The van der Waals surface area contributed by atoms with Gasteiger partial charge >= 0.3 is 0 Å². The lowest BCUT2D eigenvalue weighted by atomic mass is 9.92. The van der Waals surface area contributed by atoms with E-state index < -0.39 is 0 Å². The van der Waals surface area contributed by atoms with Crippen LogP contribution in [0.3, 0.4) is 0 Å². The molecule has 0 N–H and O–H groups in total. The number of pyridine rings is 2. The Balaban J connectivity index is 1.28. The van der Waals surface area contributed by atoms with E-state index in [9.17, 15) is 0 Å². The highest BCUT2D eigenvalue weighted by molar-refractivity contribution is 6.20. The zero-order valence-corrected chi connectivity index (χ0v) is 27.6. The van der Waals surface area contributed by atoms with Gasteiger partial charge in [-0.3, -0.25) is 9.88 Å². The van der Waals surface area contributed by atoms with Crippen molar-refractivity contribution in [3.63, 3.8) is 0 Å². The van der Waals surface area contributed by atoms with E-state index in [0.717, 1.165) is 77.7 Å². The lowest BCUT2D eigenvalue weighted by molar-refractivity contribution is 1.02. The second-order valence-corrected chi connectivity index (χ2v) is 12.3. The molecule has 9 rings (SSSR count). The van der Waals surface area contributed by atoms with Gasteiger partial charge in [-0.1, -0.05) is 128 Å². The summed E-state index contributed by atoms with van der Waals surface area (Å²) >= 11 is 0. The van der Waals surface area contributed by atoms with Gasteiger partial charge in [0.2, 0.25) is 5.95 Å². The molecular weight excluding hydrogens is 625 g/mol. The summed E-state index contributed by atoms with van der Waals surface area (Å²) in [7, 11) is 0. The topological polar surface area (TPSA) is 67.7 Å². The van der Waals surface area contributed by atoms with Crippen molar-refractivity contribution in [3.8, 4) is 45.2 Å². The molecule has 0 aliphatic carbocycles. The number of rotatable bonds is 7. The van der Waals surface area contributed by atoms with Crippen LogP contribution in [0.2, 0.25) is 0 Å². The number of fused-ring (bicyclic) bond motifs is 4. The van der Waals surface area contributed by atoms with Crippen LogP contribution in [-0.4, -0.2) is 24.9 Å². The predicted octanol–water partition coefficient (Wildman–Crippen LogP) is 11.2. The van der Waals surface area contributed by atoms with E-state index in [1.54, 1.807) is 12.3 Å². The first-order valence-corrected chi connectivity index (χ1v) is 16.7. The summed E-state index contributed by atoms with van der Waals surface area (Å²) in [6, 6.07) is 43.5. The van der Waals surface area contributed by atoms with Gasteiger partial charge in [0.1, 0.15) is 0 Å². The third kappa shape index (κ3) is 5.18. The first kappa shape index (κ1) is 30.0. The average molecular weight is 655 g/mol. The first-order valence-electron chi connectivity index (χ1n) is 16.7. The van der Waals surface area contributed by atoms with Gasteiger partial charge in [-0.2, -0.15) is 9.97 Å². The van der Waals surface area contributed by atoms with E-state index >= 15 is 0 Å². The summed E-state index contributed by atoms with van der Waals surface area (Å²) in [5.41, 5.74) is 10.7. The number of allylic oxidation sites excluding steroid dienone is 4. The van der Waals surface area contributed by atoms with Crippen LogP contribution < -0.4 is 4.90 Å². The summed E-state index contributed by atoms with van der Waals surface area (Å²) in [6.45, 7) is 7.87. The van der Waals surface area contributed by atoms with Gasteiger partial charge in [0.15, 0.2) is 11.6 Å². The molecule has 0 unspecified atom stereocenters. The fraction of sp³-hybridized carbons (Fsp3) is 0. The SMILES string of the molecule is C=C/C=C(\C=C)c1cccc(-c2ccc3nc4c5c(cccc5c3c2)N(c2nc(-c3ccccc3)nc(-c3ccccc3)n2)c2ccncc2-4)c1. The van der Waals surface area contributed by atoms with Gasteiger partial charge < -0.3 is 0 Å². The molecule has 0 bridgehead atoms. The number of nitrogens with zero attached hydrogens (tertiary/aromatic N) is 6. The number of benzene rings is 5. The molecule has 0 saturated heterocycles. The Kier molecular flexibility index (Phi) is 7.33. The van der Waals surface area contributed by atoms with Crippen LogP contribution in [0.1, 0.15) is 5.56 Å². The number of anilines is 3. The van der Waals surface area contributed by atoms with Crippen molar-refractivity contribution in [3.05, 3.63) is 177 Å². The molecule has 6 nitrogen and oxygen atoms in total. The van der Waals surface area contributed by atoms with Crippen molar-refractivity contribution < 1.29 is 0 Å². The molecule has 0 amide bonds. The Morgan fingerprint density at radius 1 is 0.588 bits per heavy atom. The van der Waals surface area contributed by atoms with E-state index in [-0.39, 0.29) is 0 Å². The van der Waals surface area contributed by atoms with E-state index in [1.807, 2.05) is 85.1 Å². The molecule has 1 aliphatic heterocycles. The van der Waals surface area contributed by atoms with Gasteiger partial charge in [-0.15, -0.1) is 0 Å². The quantitative estimate of drug-likeness (QED) is 0.126. The van der Waals surface area contributed by atoms with Gasteiger partial charge in [0.25, 0.3) is 0 Å². The van der Waals surface area contributed by atoms with Crippen molar-refractivity contribution in [2.45, 2.75) is 0 Å². The largest absolute Gasteiger partial charge is 0.278 e. The molecule has 0 fully saturated rings. The third-order valence-electron chi connectivity index (χ3n) is 9.27. The Morgan fingerprint density at radius 2 is 1.29 bits per heavy atom. The van der Waals surface area contributed by atoms with Crippen molar-refractivity contribution in [1.82, 2.24) is 24.9 Å². The molecule has 6 heteroatoms. The zero-order valence-electron chi connectivity index (χ0n) is 27.6. The number of hydrogen-bond acceptors (Lipinski definition) is 6. The maximum atomic E-state index is 5.30. The average Bonchev–Trinajstić information content (AvgIpc) is 3.20. The number of aromatic nitrogens is 5. The second kappa shape index (κ2) is 12.4. The third-order valence-corrected chi connectivity index (χ3v) is 9.27. The molecule has 0 saturated carbocycles. The molecule has 240 valence electrons. The van der Waals surface area contributed by atoms with Gasteiger partial charge in [-0.05, 0) is 58.0 Å². The molecule has 1 aliphatic rings. The summed E-state index contributed by atoms with van der Waals surface area (Å²) in [4.78, 5) is 27.1. The Hall–Kier alpha value is -7.05. The van der Waals surface area contributed by atoms with E-state index in [0.29, 0.717) is 17.6 Å². The van der Waals surface area contributed by atoms with Crippen molar-refractivity contribution in [2.75, 3.05) is 4.90 Å². The Labute approximate surface area is 295 Å². The highest BCUT2D eigenvalue weighted by atomic mass is 15.3. The van der Waals surface area contributed by atoms with Crippen LogP contribution in [0.25, 0.3) is 72.4 Å². The van der Waals surface area contributed by atoms with Gasteiger partial charge in [-0.25, -0.2) is 9.97 Å². The number of hydrogen-bond donors (Lipinski definition) is 0. The van der Waals surface area contributed by atoms with Crippen LogP contribution in [0, 0.1) is 0 Å². The molecule has 8 aromatic rings. The molecule has 4 heterocycles. The van der Waals surface area contributed by atoms with E-state index in [1.165, 1.54) is 0 Å². The standard InChI is InChI=1S/C45H30N6/c1-3-13-29(4-2)32-18-11-19-33(26-32)34-22-23-38-36(27-34)35-20-12-21-40-41(35)42(47-38)37-28-46-25-24-39(37)51(40)45-49-43(30-14-7-5-8-15-30)48-44(50-45)31-16-9-6-10-17-31/h3-28H,1-2H2/b29-13+. The van der Waals surface area contributed by atoms with Crippen molar-refractivity contribution >= 4 is 44.6 Å². The molecule has 0 radical (unpaired) electrons. The fourth-order valence-corrected chi connectivity index (χ4v) is 6.89. The molecular formula is C45H30N6.